The molecule has 0 aliphatic carbocycles. The molecule has 0 aromatic heterocycles. The van der Waals surface area contributed by atoms with Crippen molar-refractivity contribution in [2.24, 2.45) is 0 Å². The van der Waals surface area contributed by atoms with Crippen LogP contribution in [0.4, 0.5) is 0 Å². The third kappa shape index (κ3) is 4.52. The zero-order chi connectivity index (χ0) is 19.2. The van der Waals surface area contributed by atoms with Crippen LogP contribution in [0.1, 0.15) is 28.8 Å². The molecule has 4 rings (SSSR count). The van der Waals surface area contributed by atoms with Crippen molar-refractivity contribution in [2.75, 3.05) is 26.2 Å². The molecule has 3 aromatic rings. The van der Waals surface area contributed by atoms with Gasteiger partial charge in [-0.15, -0.1) is 0 Å². The molecule has 0 atom stereocenters. The Morgan fingerprint density at radius 2 is 1.68 bits per heavy atom. The Bertz CT molecular complexity index is 925. The molecule has 1 N–H and O–H groups in total. The van der Waals surface area contributed by atoms with Crippen LogP contribution in [0.15, 0.2) is 66.7 Å². The Hall–Kier alpha value is -2.85. The SMILES string of the molecule is O=C(NCCOc1cccc2ccccc12)c1ccc(CN2CCCC2)cc1. The number of nitrogens with zero attached hydrogens (tertiary/aromatic N) is 1. The number of rotatable bonds is 7. The van der Waals surface area contributed by atoms with Gasteiger partial charge in [0.2, 0.25) is 0 Å². The number of hydrogen-bond donors (Lipinski definition) is 1. The number of hydrogen-bond acceptors (Lipinski definition) is 3. The maximum atomic E-state index is 12.3. The first-order chi connectivity index (χ1) is 13.8. The number of amides is 1. The number of carbonyl (C=O) groups excluding carboxylic acids is 1. The van der Waals surface area contributed by atoms with Crippen LogP contribution in [-0.2, 0) is 6.54 Å². The van der Waals surface area contributed by atoms with E-state index in [0.717, 1.165) is 23.1 Å². The van der Waals surface area contributed by atoms with Crippen molar-refractivity contribution in [3.63, 3.8) is 0 Å². The van der Waals surface area contributed by atoms with Gasteiger partial charge in [0.15, 0.2) is 0 Å². The molecule has 0 unspecified atom stereocenters. The predicted molar refractivity (Wildman–Crippen MR) is 113 cm³/mol. The smallest absolute Gasteiger partial charge is 0.251 e. The lowest BCUT2D eigenvalue weighted by atomic mass is 10.1. The van der Waals surface area contributed by atoms with E-state index in [1.807, 2.05) is 42.5 Å². The number of ether oxygens (including phenoxy) is 1. The summed E-state index contributed by atoms with van der Waals surface area (Å²) in [5.41, 5.74) is 1.95. The molecule has 3 aromatic carbocycles. The molecule has 28 heavy (non-hydrogen) atoms. The van der Waals surface area contributed by atoms with Gasteiger partial charge in [-0.1, -0.05) is 48.5 Å². The molecule has 1 aliphatic heterocycles. The van der Waals surface area contributed by atoms with Crippen molar-refractivity contribution in [3.05, 3.63) is 77.9 Å². The lowest BCUT2D eigenvalue weighted by molar-refractivity contribution is 0.0947. The van der Waals surface area contributed by atoms with Crippen molar-refractivity contribution in [1.29, 1.82) is 0 Å². The Morgan fingerprint density at radius 1 is 0.929 bits per heavy atom. The lowest BCUT2D eigenvalue weighted by Gasteiger charge is -2.14. The molecular weight excluding hydrogens is 348 g/mol. The van der Waals surface area contributed by atoms with Crippen LogP contribution in [0, 0.1) is 0 Å². The number of benzene rings is 3. The molecule has 0 bridgehead atoms. The molecule has 4 nitrogen and oxygen atoms in total. The van der Waals surface area contributed by atoms with E-state index in [1.165, 1.54) is 31.5 Å². The van der Waals surface area contributed by atoms with Crippen molar-refractivity contribution >= 4 is 16.7 Å². The highest BCUT2D eigenvalue weighted by molar-refractivity contribution is 5.94. The highest BCUT2D eigenvalue weighted by Gasteiger charge is 2.12. The Kier molecular flexibility index (Phi) is 5.88. The molecule has 1 aliphatic rings. The number of nitrogens with one attached hydrogen (secondary N) is 1. The molecule has 4 heteroatoms. The monoisotopic (exact) mass is 374 g/mol. The number of fused-ring (bicyclic) bond motifs is 1. The van der Waals surface area contributed by atoms with E-state index < -0.39 is 0 Å². The fourth-order valence-electron chi connectivity index (χ4n) is 3.71. The van der Waals surface area contributed by atoms with E-state index in [9.17, 15) is 4.79 Å². The average Bonchev–Trinajstić information content (AvgIpc) is 3.25. The summed E-state index contributed by atoms with van der Waals surface area (Å²) < 4.78 is 5.88. The second-order valence-electron chi connectivity index (χ2n) is 7.26. The average molecular weight is 374 g/mol. The normalized spacial score (nSPS) is 14.3. The zero-order valence-corrected chi connectivity index (χ0v) is 16.1. The summed E-state index contributed by atoms with van der Waals surface area (Å²) in [5, 5.41) is 5.17. The molecule has 1 saturated heterocycles. The predicted octanol–water partition coefficient (Wildman–Crippen LogP) is 4.24. The summed E-state index contributed by atoms with van der Waals surface area (Å²) in [6.45, 7) is 4.24. The van der Waals surface area contributed by atoms with Gasteiger partial charge < -0.3 is 10.1 Å². The minimum atomic E-state index is -0.0609. The summed E-state index contributed by atoms with van der Waals surface area (Å²) in [7, 11) is 0. The van der Waals surface area contributed by atoms with E-state index in [0.29, 0.717) is 18.7 Å². The Morgan fingerprint density at radius 3 is 2.50 bits per heavy atom. The van der Waals surface area contributed by atoms with Crippen LogP contribution >= 0.6 is 0 Å². The Balaban J connectivity index is 1.26. The van der Waals surface area contributed by atoms with E-state index in [4.69, 9.17) is 4.74 Å². The van der Waals surface area contributed by atoms with Crippen LogP contribution < -0.4 is 10.1 Å². The molecular formula is C24H26N2O2. The van der Waals surface area contributed by atoms with Crippen LogP contribution in [0.3, 0.4) is 0 Å². The third-order valence-electron chi connectivity index (χ3n) is 5.22. The first kappa shape index (κ1) is 18.5. The van der Waals surface area contributed by atoms with Crippen LogP contribution in [0.2, 0.25) is 0 Å². The van der Waals surface area contributed by atoms with Gasteiger partial charge in [0.25, 0.3) is 5.91 Å². The van der Waals surface area contributed by atoms with Crippen molar-refractivity contribution in [2.45, 2.75) is 19.4 Å². The second-order valence-corrected chi connectivity index (χ2v) is 7.26. The van der Waals surface area contributed by atoms with E-state index >= 15 is 0 Å². The topological polar surface area (TPSA) is 41.6 Å². The Labute approximate surface area is 166 Å². The largest absolute Gasteiger partial charge is 0.491 e. The van der Waals surface area contributed by atoms with E-state index in [-0.39, 0.29) is 5.91 Å². The van der Waals surface area contributed by atoms with Crippen molar-refractivity contribution < 1.29 is 9.53 Å². The van der Waals surface area contributed by atoms with Crippen molar-refractivity contribution in [1.82, 2.24) is 10.2 Å². The summed E-state index contributed by atoms with van der Waals surface area (Å²) in [6.07, 6.45) is 2.59. The molecule has 1 heterocycles. The van der Waals surface area contributed by atoms with Gasteiger partial charge in [0.1, 0.15) is 12.4 Å². The number of carbonyl (C=O) groups is 1. The summed E-state index contributed by atoms with van der Waals surface area (Å²) in [6, 6.07) is 22.1. The van der Waals surface area contributed by atoms with Crippen LogP contribution in [0.5, 0.6) is 5.75 Å². The van der Waals surface area contributed by atoms with E-state index in [2.05, 4.69) is 34.5 Å². The molecule has 1 fully saturated rings. The van der Waals surface area contributed by atoms with Gasteiger partial charge in [-0.25, -0.2) is 0 Å². The minimum Gasteiger partial charge on any atom is -0.491 e. The fourth-order valence-corrected chi connectivity index (χ4v) is 3.71. The summed E-state index contributed by atoms with van der Waals surface area (Å²) >= 11 is 0. The van der Waals surface area contributed by atoms with Gasteiger partial charge >= 0.3 is 0 Å². The zero-order valence-electron chi connectivity index (χ0n) is 16.1. The third-order valence-corrected chi connectivity index (χ3v) is 5.22. The lowest BCUT2D eigenvalue weighted by Crippen LogP contribution is -2.28. The molecule has 1 amide bonds. The summed E-state index contributed by atoms with van der Waals surface area (Å²) in [4.78, 5) is 14.8. The minimum absolute atomic E-state index is 0.0609. The quantitative estimate of drug-likeness (QED) is 0.629. The first-order valence-corrected chi connectivity index (χ1v) is 10.00. The van der Waals surface area contributed by atoms with Gasteiger partial charge in [0, 0.05) is 17.5 Å². The maximum absolute atomic E-state index is 12.3. The molecule has 0 radical (unpaired) electrons. The van der Waals surface area contributed by atoms with Gasteiger partial charge in [-0.05, 0) is 55.1 Å². The van der Waals surface area contributed by atoms with Crippen LogP contribution in [-0.4, -0.2) is 37.0 Å². The van der Waals surface area contributed by atoms with Crippen molar-refractivity contribution in [3.8, 4) is 5.75 Å². The highest BCUT2D eigenvalue weighted by atomic mass is 16.5. The fraction of sp³-hybridized carbons (Fsp3) is 0.292. The number of likely N-dealkylation sites (tertiary alicyclic amines) is 1. The van der Waals surface area contributed by atoms with E-state index in [1.54, 1.807) is 0 Å². The summed E-state index contributed by atoms with van der Waals surface area (Å²) in [5.74, 6) is 0.785. The van der Waals surface area contributed by atoms with Crippen LogP contribution in [0.25, 0.3) is 10.8 Å². The van der Waals surface area contributed by atoms with Gasteiger partial charge in [-0.3, -0.25) is 9.69 Å². The maximum Gasteiger partial charge on any atom is 0.251 e. The highest BCUT2D eigenvalue weighted by Crippen LogP contribution is 2.24. The van der Waals surface area contributed by atoms with Gasteiger partial charge in [0.05, 0.1) is 6.54 Å². The first-order valence-electron chi connectivity index (χ1n) is 10.00. The molecule has 0 saturated carbocycles. The van der Waals surface area contributed by atoms with Gasteiger partial charge in [-0.2, -0.15) is 0 Å². The molecule has 144 valence electrons. The molecule has 0 spiro atoms. The second kappa shape index (κ2) is 8.89. The standard InChI is InChI=1S/C24H26N2O2/c27-24(21-12-10-19(11-13-21)18-26-15-3-4-16-26)25-14-17-28-23-9-5-7-20-6-1-2-8-22(20)23/h1-2,5-13H,3-4,14-18H2,(H,25,27).